The van der Waals surface area contributed by atoms with Gasteiger partial charge in [-0.25, -0.2) is 0 Å². The predicted octanol–water partition coefficient (Wildman–Crippen LogP) is -1.12. The van der Waals surface area contributed by atoms with E-state index < -0.39 is 30.7 Å². The van der Waals surface area contributed by atoms with E-state index >= 15 is 0 Å². The second kappa shape index (κ2) is 6.49. The molecule has 7 heteroatoms. The molecule has 20 heavy (non-hydrogen) atoms. The molecule has 0 bridgehead atoms. The molecule has 1 unspecified atom stereocenters. The number of aliphatic hydroxyl groups is 4. The lowest BCUT2D eigenvalue weighted by molar-refractivity contribution is -0.170. The van der Waals surface area contributed by atoms with E-state index in [2.05, 4.69) is 0 Å². The second-order valence-electron chi connectivity index (χ2n) is 4.71. The Balaban J connectivity index is 2.13. The molecular weight excluding hydrogens is 268 g/mol. The molecule has 0 saturated carbocycles. The van der Waals surface area contributed by atoms with Gasteiger partial charge < -0.3 is 35.0 Å². The van der Waals surface area contributed by atoms with Gasteiger partial charge in [-0.15, -0.1) is 0 Å². The molecular formula is C13H18O7. The third-order valence-electron chi connectivity index (χ3n) is 3.14. The topological polar surface area (TPSA) is 120 Å². The first kappa shape index (κ1) is 15.2. The lowest BCUT2D eigenvalue weighted by Crippen LogP contribution is -2.46. The zero-order valence-corrected chi connectivity index (χ0v) is 10.7. The predicted molar refractivity (Wildman–Crippen MR) is 66.8 cm³/mol. The van der Waals surface area contributed by atoms with Gasteiger partial charge in [0.1, 0.15) is 30.2 Å². The molecule has 0 aliphatic carbocycles. The summed E-state index contributed by atoms with van der Waals surface area (Å²) < 4.78 is 10.7. The number of aromatic hydroxyl groups is 1. The maximum atomic E-state index is 9.66. The number of phenols is 1. The summed E-state index contributed by atoms with van der Waals surface area (Å²) in [5.41, 5.74) is 0.577. The number of ether oxygens (including phenoxy) is 2. The average Bonchev–Trinajstić information content (AvgIpc) is 2.49. The van der Waals surface area contributed by atoms with Crippen molar-refractivity contribution in [3.63, 3.8) is 0 Å². The first-order valence-electron chi connectivity index (χ1n) is 6.23. The molecule has 1 aromatic carbocycles. The van der Waals surface area contributed by atoms with Crippen molar-refractivity contribution in [3.05, 3.63) is 29.8 Å². The first-order valence-corrected chi connectivity index (χ1v) is 6.23. The van der Waals surface area contributed by atoms with Crippen molar-refractivity contribution in [2.75, 3.05) is 13.2 Å². The number of benzene rings is 1. The zero-order valence-electron chi connectivity index (χ0n) is 10.7. The van der Waals surface area contributed by atoms with E-state index in [1.807, 2.05) is 0 Å². The van der Waals surface area contributed by atoms with E-state index in [1.54, 1.807) is 12.1 Å². The summed E-state index contributed by atoms with van der Waals surface area (Å²) in [4.78, 5) is 0. The summed E-state index contributed by atoms with van der Waals surface area (Å²) in [6.07, 6.45) is -6.61. The Morgan fingerprint density at radius 1 is 0.800 bits per heavy atom. The summed E-state index contributed by atoms with van der Waals surface area (Å²) >= 11 is 0. The van der Waals surface area contributed by atoms with Gasteiger partial charge in [0.15, 0.2) is 6.29 Å². The highest BCUT2D eigenvalue weighted by atomic mass is 16.7. The van der Waals surface area contributed by atoms with Crippen LogP contribution in [0.2, 0.25) is 0 Å². The first-order chi connectivity index (χ1) is 9.49. The van der Waals surface area contributed by atoms with Gasteiger partial charge in [0.2, 0.25) is 0 Å². The normalized spacial score (nSPS) is 35.9. The maximum Gasteiger partial charge on any atom is 0.184 e. The molecule has 2 rings (SSSR count). The van der Waals surface area contributed by atoms with Crippen LogP contribution in [-0.2, 0) is 9.47 Å². The molecule has 1 aromatic rings. The smallest absolute Gasteiger partial charge is 0.184 e. The minimum absolute atomic E-state index is 0.0859. The van der Waals surface area contributed by atoms with Crippen molar-refractivity contribution in [2.45, 2.75) is 30.7 Å². The Kier molecular flexibility index (Phi) is 4.92. The fourth-order valence-corrected chi connectivity index (χ4v) is 1.90. The van der Waals surface area contributed by atoms with Crippen LogP contribution in [0.5, 0.6) is 5.75 Å². The van der Waals surface area contributed by atoms with E-state index in [9.17, 15) is 25.5 Å². The molecule has 0 spiro atoms. The molecule has 0 aromatic heterocycles. The lowest BCUT2D eigenvalue weighted by Gasteiger charge is -2.23. The van der Waals surface area contributed by atoms with Crippen LogP contribution < -0.4 is 0 Å². The summed E-state index contributed by atoms with van der Waals surface area (Å²) in [5.74, 6) is 0.0859. The van der Waals surface area contributed by atoms with Gasteiger partial charge in [0.25, 0.3) is 0 Å². The van der Waals surface area contributed by atoms with Gasteiger partial charge in [-0.1, -0.05) is 12.1 Å². The van der Waals surface area contributed by atoms with E-state index in [4.69, 9.17) is 9.47 Å². The van der Waals surface area contributed by atoms with Gasteiger partial charge in [0.05, 0.1) is 13.2 Å². The Morgan fingerprint density at radius 3 is 1.70 bits per heavy atom. The number of aliphatic hydroxyl groups excluding tert-OH is 4. The number of hydrogen-bond acceptors (Lipinski definition) is 7. The zero-order chi connectivity index (χ0) is 14.7. The van der Waals surface area contributed by atoms with Crippen molar-refractivity contribution in [2.24, 2.45) is 0 Å². The van der Waals surface area contributed by atoms with Gasteiger partial charge >= 0.3 is 0 Å². The van der Waals surface area contributed by atoms with Crippen molar-refractivity contribution in [1.82, 2.24) is 0 Å². The fraction of sp³-hybridized carbons (Fsp3) is 0.538. The molecule has 1 aliphatic rings. The molecule has 5 N–H and O–H groups in total. The van der Waals surface area contributed by atoms with Crippen LogP contribution in [0.1, 0.15) is 11.9 Å². The van der Waals surface area contributed by atoms with E-state index in [0.717, 1.165) is 0 Å². The van der Waals surface area contributed by atoms with Crippen molar-refractivity contribution in [1.29, 1.82) is 0 Å². The van der Waals surface area contributed by atoms with Gasteiger partial charge in [-0.3, -0.25) is 0 Å². The van der Waals surface area contributed by atoms with Crippen LogP contribution >= 0.6 is 0 Å². The Hall–Kier alpha value is -1.22. The third kappa shape index (κ3) is 3.45. The highest BCUT2D eigenvalue weighted by molar-refractivity contribution is 5.26. The fourth-order valence-electron chi connectivity index (χ4n) is 1.90. The lowest BCUT2D eigenvalue weighted by atomic mass is 10.0. The quantitative estimate of drug-likeness (QED) is 0.443. The summed E-state index contributed by atoms with van der Waals surface area (Å²) in [6.45, 7) is -0.535. The SMILES string of the molecule is Oc1ccc(C2OC[C@@H](O)[C@H](O)[C@@H](O)[C@@H](O)CO2)cc1. The van der Waals surface area contributed by atoms with E-state index in [-0.39, 0.29) is 19.0 Å². The molecule has 1 aliphatic heterocycles. The van der Waals surface area contributed by atoms with Crippen LogP contribution in [-0.4, -0.2) is 63.2 Å². The monoisotopic (exact) mass is 286 g/mol. The van der Waals surface area contributed by atoms with Gasteiger partial charge in [-0.05, 0) is 12.1 Å². The van der Waals surface area contributed by atoms with Crippen molar-refractivity contribution in [3.8, 4) is 5.75 Å². The summed E-state index contributed by atoms with van der Waals surface area (Å²) in [7, 11) is 0. The highest BCUT2D eigenvalue weighted by Crippen LogP contribution is 2.24. The maximum absolute atomic E-state index is 9.66. The Morgan fingerprint density at radius 2 is 1.25 bits per heavy atom. The van der Waals surface area contributed by atoms with Crippen LogP contribution in [0.25, 0.3) is 0 Å². The number of hydrogen-bond donors (Lipinski definition) is 5. The van der Waals surface area contributed by atoms with Crippen LogP contribution in [0, 0.1) is 0 Å². The van der Waals surface area contributed by atoms with E-state index in [0.29, 0.717) is 5.56 Å². The van der Waals surface area contributed by atoms with Gasteiger partial charge in [0, 0.05) is 5.56 Å². The molecule has 7 nitrogen and oxygen atoms in total. The standard InChI is InChI=1S/C13H18O7/c14-8-3-1-7(2-4-8)13-19-5-9(15)11(17)12(18)10(16)6-20-13/h1-4,9-18H,5-6H2/t9-,10+,11-,12-,13?/m0/s1. The molecule has 0 amide bonds. The Labute approximate surface area is 115 Å². The summed E-state index contributed by atoms with van der Waals surface area (Å²) in [6, 6.07) is 6.05. The van der Waals surface area contributed by atoms with Crippen LogP contribution in [0.3, 0.4) is 0 Å². The molecule has 5 atom stereocenters. The second-order valence-corrected chi connectivity index (χ2v) is 4.71. The Bertz CT molecular complexity index is 403. The van der Waals surface area contributed by atoms with Crippen LogP contribution in [0.15, 0.2) is 24.3 Å². The molecule has 112 valence electrons. The van der Waals surface area contributed by atoms with Crippen molar-refractivity contribution >= 4 is 0 Å². The van der Waals surface area contributed by atoms with Gasteiger partial charge in [-0.2, -0.15) is 0 Å². The molecule has 0 radical (unpaired) electrons. The highest BCUT2D eigenvalue weighted by Gasteiger charge is 2.33. The third-order valence-corrected chi connectivity index (χ3v) is 3.14. The largest absolute Gasteiger partial charge is 0.508 e. The number of phenolic OH excluding ortho intramolecular Hbond substituents is 1. The van der Waals surface area contributed by atoms with Crippen LogP contribution in [0.4, 0.5) is 0 Å². The molecule has 1 heterocycles. The summed E-state index contributed by atoms with van der Waals surface area (Å²) in [5, 5.41) is 47.8. The molecule has 1 saturated heterocycles. The molecule has 1 fully saturated rings. The minimum atomic E-state index is -1.52. The number of rotatable bonds is 1. The van der Waals surface area contributed by atoms with E-state index in [1.165, 1.54) is 12.1 Å². The van der Waals surface area contributed by atoms with Crippen molar-refractivity contribution < 1.29 is 35.0 Å². The minimum Gasteiger partial charge on any atom is -0.508 e. The average molecular weight is 286 g/mol.